The first-order valence-electron chi connectivity index (χ1n) is 11.3. The molecule has 3 amide bonds. The van der Waals surface area contributed by atoms with Gasteiger partial charge >= 0.3 is 12.1 Å². The molecule has 34 heavy (non-hydrogen) atoms. The van der Waals surface area contributed by atoms with Gasteiger partial charge in [-0.1, -0.05) is 6.92 Å². The lowest BCUT2D eigenvalue weighted by Gasteiger charge is -2.42. The first-order valence-corrected chi connectivity index (χ1v) is 11.3. The summed E-state index contributed by atoms with van der Waals surface area (Å²) in [6.07, 6.45) is 3.94. The van der Waals surface area contributed by atoms with Crippen LogP contribution in [-0.2, 0) is 4.79 Å². The van der Waals surface area contributed by atoms with Crippen LogP contribution in [0.5, 0.6) is 0 Å². The molecule has 1 aliphatic rings. The Morgan fingerprint density at radius 3 is 2.71 bits per heavy atom. The number of nitrogens with zero attached hydrogens (tertiary/aromatic N) is 6. The molecule has 3 rings (SSSR count). The highest BCUT2D eigenvalue weighted by molar-refractivity contribution is 5.94. The number of aromatic nitrogens is 3. The van der Waals surface area contributed by atoms with Crippen LogP contribution < -0.4 is 15.5 Å². The van der Waals surface area contributed by atoms with Gasteiger partial charge in [-0.2, -0.15) is 5.26 Å². The van der Waals surface area contributed by atoms with E-state index in [2.05, 4.69) is 27.5 Å². The van der Waals surface area contributed by atoms with E-state index in [0.29, 0.717) is 56.4 Å². The predicted octanol–water partition coefficient (Wildman–Crippen LogP) is 1.62. The normalized spacial score (nSPS) is 17.7. The summed E-state index contributed by atoms with van der Waals surface area (Å²) >= 11 is 0. The maximum atomic E-state index is 12.7. The van der Waals surface area contributed by atoms with Crippen LogP contribution in [0.25, 0.3) is 11.0 Å². The second kappa shape index (κ2) is 11.3. The smallest absolute Gasteiger partial charge is 0.404 e. The largest absolute Gasteiger partial charge is 0.465 e. The van der Waals surface area contributed by atoms with Crippen LogP contribution in [-0.4, -0.2) is 81.8 Å². The highest BCUT2D eigenvalue weighted by Crippen LogP contribution is 2.29. The summed E-state index contributed by atoms with van der Waals surface area (Å²) in [6, 6.07) is 3.40. The van der Waals surface area contributed by atoms with Gasteiger partial charge in [-0.25, -0.2) is 19.6 Å². The molecule has 0 spiro atoms. The number of amides is 3. The van der Waals surface area contributed by atoms with Gasteiger partial charge in [0.25, 0.3) is 0 Å². The minimum Gasteiger partial charge on any atom is -0.465 e. The fourth-order valence-corrected chi connectivity index (χ4v) is 4.22. The lowest BCUT2D eigenvalue weighted by atomic mass is 9.92. The maximum absolute atomic E-state index is 12.7. The minimum absolute atomic E-state index is 0.00563. The number of fused-ring (bicyclic) bond motifs is 1. The van der Waals surface area contributed by atoms with E-state index in [1.807, 2.05) is 18.0 Å². The second-order valence-corrected chi connectivity index (χ2v) is 8.41. The van der Waals surface area contributed by atoms with E-state index < -0.39 is 6.09 Å². The molecule has 0 radical (unpaired) electrons. The Labute approximate surface area is 197 Å². The zero-order valence-electron chi connectivity index (χ0n) is 19.4. The number of hydrogen-bond acceptors (Lipinski definition) is 7. The van der Waals surface area contributed by atoms with Gasteiger partial charge < -0.3 is 25.5 Å². The summed E-state index contributed by atoms with van der Waals surface area (Å²) in [5.74, 6) is 0.812. The quantitative estimate of drug-likeness (QED) is 0.491. The molecule has 12 nitrogen and oxygen atoms in total. The van der Waals surface area contributed by atoms with Crippen molar-refractivity contribution in [3.63, 3.8) is 0 Å². The summed E-state index contributed by atoms with van der Waals surface area (Å²) in [5.41, 5.74) is 0.475. The maximum Gasteiger partial charge on any atom is 0.404 e. The summed E-state index contributed by atoms with van der Waals surface area (Å²) in [6.45, 7) is 4.01. The van der Waals surface area contributed by atoms with Gasteiger partial charge in [0, 0.05) is 39.4 Å². The van der Waals surface area contributed by atoms with Crippen molar-refractivity contribution in [2.24, 2.45) is 5.92 Å². The molecule has 2 aromatic rings. The molecule has 2 aromatic heterocycles. The van der Waals surface area contributed by atoms with Crippen LogP contribution in [0.4, 0.5) is 15.4 Å². The van der Waals surface area contributed by atoms with Crippen LogP contribution in [0.3, 0.4) is 0 Å². The van der Waals surface area contributed by atoms with Crippen molar-refractivity contribution in [3.05, 3.63) is 18.6 Å². The topological polar surface area (TPSA) is 156 Å². The number of nitriles is 1. The van der Waals surface area contributed by atoms with Crippen molar-refractivity contribution in [2.45, 2.75) is 38.6 Å². The van der Waals surface area contributed by atoms with Gasteiger partial charge in [0.1, 0.15) is 18.6 Å². The summed E-state index contributed by atoms with van der Waals surface area (Å²) in [4.78, 5) is 47.9. The Morgan fingerprint density at radius 2 is 2.00 bits per heavy atom. The number of carboxylic acid groups (broad SMARTS) is 1. The molecule has 3 N–H and O–H groups in total. The Morgan fingerprint density at radius 1 is 1.26 bits per heavy atom. The lowest BCUT2D eigenvalue weighted by Crippen LogP contribution is -2.52. The van der Waals surface area contributed by atoms with Gasteiger partial charge in [-0.15, -0.1) is 0 Å². The van der Waals surface area contributed by atoms with Gasteiger partial charge in [0.15, 0.2) is 5.65 Å². The zero-order chi connectivity index (χ0) is 24.7. The number of rotatable bonds is 8. The average molecular weight is 471 g/mol. The van der Waals surface area contributed by atoms with E-state index in [-0.39, 0.29) is 24.4 Å². The first kappa shape index (κ1) is 24.8. The fourth-order valence-electron chi connectivity index (χ4n) is 4.22. The van der Waals surface area contributed by atoms with Crippen LogP contribution in [0, 0.1) is 17.2 Å². The monoisotopic (exact) mass is 470 g/mol. The van der Waals surface area contributed by atoms with E-state index >= 15 is 0 Å². The fraction of sp³-hybridized carbons (Fsp3) is 0.545. The third kappa shape index (κ3) is 5.72. The first-order chi connectivity index (χ1) is 16.3. The summed E-state index contributed by atoms with van der Waals surface area (Å²) in [5, 5.41) is 23.3. The van der Waals surface area contributed by atoms with Crippen molar-refractivity contribution in [3.8, 4) is 6.07 Å². The molecule has 182 valence electrons. The minimum atomic E-state index is -1.06. The Balaban J connectivity index is 1.70. The molecule has 0 bridgehead atoms. The Kier molecular flexibility index (Phi) is 8.24. The number of unbranched alkanes of at least 4 members (excludes halogenated alkanes) is 1. The summed E-state index contributed by atoms with van der Waals surface area (Å²) < 4.78 is 1.43. The molecule has 12 heteroatoms. The molecule has 2 atom stereocenters. The third-order valence-corrected chi connectivity index (χ3v) is 6.17. The van der Waals surface area contributed by atoms with Crippen molar-refractivity contribution in [1.29, 1.82) is 5.26 Å². The number of piperidine rings is 1. The molecular formula is C22H30N8O4. The van der Waals surface area contributed by atoms with Crippen LogP contribution >= 0.6 is 0 Å². The van der Waals surface area contributed by atoms with Gasteiger partial charge in [0.2, 0.25) is 5.91 Å². The number of likely N-dealkylation sites (N-methyl/N-ethyl adjacent to an activating group) is 1. The number of nitrogens with one attached hydrogen (secondary N) is 2. The molecule has 0 aromatic carbocycles. The van der Waals surface area contributed by atoms with Gasteiger partial charge in [-0.05, 0) is 31.2 Å². The molecule has 1 fully saturated rings. The number of likely N-dealkylation sites (tertiary alicyclic amines) is 1. The average Bonchev–Trinajstić information content (AvgIpc) is 3.25. The molecular weight excluding hydrogens is 440 g/mol. The molecule has 1 aliphatic heterocycles. The van der Waals surface area contributed by atoms with Crippen molar-refractivity contribution >= 4 is 34.9 Å². The number of carbonyl (C=O) groups is 3. The van der Waals surface area contributed by atoms with E-state index in [1.165, 1.54) is 10.9 Å². The van der Waals surface area contributed by atoms with Gasteiger partial charge in [0.05, 0.1) is 17.5 Å². The van der Waals surface area contributed by atoms with E-state index in [1.54, 1.807) is 17.2 Å². The summed E-state index contributed by atoms with van der Waals surface area (Å²) in [7, 11) is 1.92. The standard InChI is InChI=1S/C22H30N8O4/c1-15-6-11-29(18(31)5-8-23)13-17(15)28(2)19-16-7-12-30(20(16)27-14-26-19)21(32)24-9-3-4-10-25-22(33)34/h7,12,14-15,17,25H,3-6,9-11,13H2,1-2H3,(H,24,32)(H,33,34)/t15-,17+/m1/s1. The number of carbonyl (C=O) groups excluding carboxylic acids is 2. The van der Waals surface area contributed by atoms with Crippen LogP contribution in [0.2, 0.25) is 0 Å². The highest BCUT2D eigenvalue weighted by Gasteiger charge is 2.32. The van der Waals surface area contributed by atoms with Crippen LogP contribution in [0.1, 0.15) is 32.6 Å². The van der Waals surface area contributed by atoms with Crippen molar-refractivity contribution in [1.82, 2.24) is 30.1 Å². The molecule has 0 unspecified atom stereocenters. The molecule has 3 heterocycles. The lowest BCUT2D eigenvalue weighted by molar-refractivity contribution is -0.131. The Bertz CT molecular complexity index is 1080. The third-order valence-electron chi connectivity index (χ3n) is 6.17. The van der Waals surface area contributed by atoms with Gasteiger partial charge in [-0.3, -0.25) is 9.36 Å². The Hall–Kier alpha value is -3.88. The van der Waals surface area contributed by atoms with Crippen molar-refractivity contribution < 1.29 is 19.5 Å². The van der Waals surface area contributed by atoms with E-state index in [0.717, 1.165) is 11.8 Å². The van der Waals surface area contributed by atoms with Crippen molar-refractivity contribution in [2.75, 3.05) is 38.1 Å². The van der Waals surface area contributed by atoms with E-state index in [9.17, 15) is 14.4 Å². The zero-order valence-corrected chi connectivity index (χ0v) is 19.4. The highest BCUT2D eigenvalue weighted by atomic mass is 16.4. The number of anilines is 1. The molecule has 0 aliphatic carbocycles. The SMILES string of the molecule is C[C@@H]1CCN(C(=O)CC#N)C[C@@H]1N(C)c1ncnc2c1ccn2C(=O)NCCCCNC(=O)O. The van der Waals surface area contributed by atoms with E-state index in [4.69, 9.17) is 10.4 Å². The van der Waals surface area contributed by atoms with Crippen LogP contribution in [0.15, 0.2) is 18.6 Å². The predicted molar refractivity (Wildman–Crippen MR) is 124 cm³/mol. The molecule has 0 saturated carbocycles. The molecule has 1 saturated heterocycles. The second-order valence-electron chi connectivity index (χ2n) is 8.41. The number of hydrogen-bond donors (Lipinski definition) is 3.